The lowest BCUT2D eigenvalue weighted by Gasteiger charge is -2.18. The van der Waals surface area contributed by atoms with E-state index in [1.165, 1.54) is 19.2 Å². The lowest BCUT2D eigenvalue weighted by atomic mass is 10.0. The molecule has 164 valence electrons. The molecular formula is C20H26N2O6S2. The third kappa shape index (κ3) is 6.46. The lowest BCUT2D eigenvalue weighted by molar-refractivity contribution is -0.123. The first-order valence-electron chi connectivity index (χ1n) is 9.18. The molecule has 1 N–H and O–H groups in total. The average molecular weight is 455 g/mol. The van der Waals surface area contributed by atoms with Crippen molar-refractivity contribution < 1.29 is 26.4 Å². The number of amides is 1. The van der Waals surface area contributed by atoms with Gasteiger partial charge in [0.1, 0.15) is 5.75 Å². The van der Waals surface area contributed by atoms with E-state index in [2.05, 4.69) is 5.32 Å². The molecule has 0 aliphatic heterocycles. The summed E-state index contributed by atoms with van der Waals surface area (Å²) in [5.74, 6) is 0.104. The first kappa shape index (κ1) is 23.7. The highest BCUT2D eigenvalue weighted by Gasteiger charge is 2.15. The van der Waals surface area contributed by atoms with Gasteiger partial charge >= 0.3 is 0 Å². The molecule has 0 heterocycles. The van der Waals surface area contributed by atoms with Crippen molar-refractivity contribution in [3.8, 4) is 5.75 Å². The molecule has 0 aliphatic carbocycles. The van der Waals surface area contributed by atoms with Crippen LogP contribution in [0.1, 0.15) is 24.9 Å². The van der Waals surface area contributed by atoms with Crippen molar-refractivity contribution >= 4 is 31.5 Å². The molecule has 2 rings (SSSR count). The number of hydrogen-bond acceptors (Lipinski definition) is 6. The molecule has 1 amide bonds. The number of carbonyl (C=O) groups is 1. The van der Waals surface area contributed by atoms with Crippen molar-refractivity contribution in [3.05, 3.63) is 54.1 Å². The number of benzene rings is 2. The molecule has 30 heavy (non-hydrogen) atoms. The summed E-state index contributed by atoms with van der Waals surface area (Å²) in [4.78, 5) is 12.5. The Labute approximate surface area is 177 Å². The van der Waals surface area contributed by atoms with Gasteiger partial charge < -0.3 is 10.1 Å². The molecule has 0 fully saturated rings. The largest absolute Gasteiger partial charge is 0.484 e. The molecule has 0 aliphatic rings. The van der Waals surface area contributed by atoms with E-state index in [1.807, 2.05) is 6.92 Å². The number of anilines is 1. The smallest absolute Gasteiger partial charge is 0.258 e. The molecule has 1 atom stereocenters. The topological polar surface area (TPSA) is 110 Å². The fourth-order valence-electron chi connectivity index (χ4n) is 2.70. The van der Waals surface area contributed by atoms with Gasteiger partial charge in [-0.25, -0.2) is 16.8 Å². The summed E-state index contributed by atoms with van der Waals surface area (Å²) >= 11 is 0. The van der Waals surface area contributed by atoms with Gasteiger partial charge in [0.25, 0.3) is 5.91 Å². The fourth-order valence-corrected chi connectivity index (χ4v) is 3.83. The van der Waals surface area contributed by atoms with Crippen LogP contribution in [0.2, 0.25) is 0 Å². The van der Waals surface area contributed by atoms with Gasteiger partial charge in [0.2, 0.25) is 10.0 Å². The summed E-state index contributed by atoms with van der Waals surface area (Å²) in [6, 6.07) is 12.5. The number of hydrogen-bond donors (Lipinski definition) is 1. The highest BCUT2D eigenvalue weighted by atomic mass is 32.2. The summed E-state index contributed by atoms with van der Waals surface area (Å²) in [5, 5.41) is 2.86. The second kappa shape index (κ2) is 9.48. The number of rotatable bonds is 9. The lowest BCUT2D eigenvalue weighted by Crippen LogP contribution is -2.32. The Morgan fingerprint density at radius 3 is 2.03 bits per heavy atom. The van der Waals surface area contributed by atoms with E-state index in [0.29, 0.717) is 17.9 Å². The van der Waals surface area contributed by atoms with Gasteiger partial charge in [-0.1, -0.05) is 19.1 Å². The Hall–Kier alpha value is -2.59. The summed E-state index contributed by atoms with van der Waals surface area (Å²) in [7, 11) is -5.18. The van der Waals surface area contributed by atoms with Gasteiger partial charge in [0.15, 0.2) is 16.4 Å². The highest BCUT2D eigenvalue weighted by Crippen LogP contribution is 2.21. The van der Waals surface area contributed by atoms with E-state index in [0.717, 1.165) is 22.4 Å². The van der Waals surface area contributed by atoms with E-state index in [1.54, 1.807) is 36.4 Å². The normalized spacial score (nSPS) is 12.8. The van der Waals surface area contributed by atoms with Crippen LogP contribution in [0.15, 0.2) is 53.4 Å². The van der Waals surface area contributed by atoms with Crippen LogP contribution in [0.4, 0.5) is 5.69 Å². The van der Waals surface area contributed by atoms with Crippen LogP contribution in [0.25, 0.3) is 0 Å². The Kier molecular flexibility index (Phi) is 7.49. The fraction of sp³-hybridized carbons (Fsp3) is 0.350. The molecule has 0 radical (unpaired) electrons. The Morgan fingerprint density at radius 1 is 1.00 bits per heavy atom. The third-order valence-corrected chi connectivity index (χ3v) is 6.86. The molecule has 0 saturated heterocycles. The Morgan fingerprint density at radius 2 is 1.57 bits per heavy atom. The van der Waals surface area contributed by atoms with Crippen molar-refractivity contribution in [2.24, 2.45) is 0 Å². The molecule has 0 saturated carbocycles. The van der Waals surface area contributed by atoms with Gasteiger partial charge in [0, 0.05) is 13.3 Å². The highest BCUT2D eigenvalue weighted by molar-refractivity contribution is 7.92. The molecule has 2 aromatic carbocycles. The first-order valence-corrected chi connectivity index (χ1v) is 12.9. The van der Waals surface area contributed by atoms with E-state index in [4.69, 9.17) is 4.74 Å². The van der Waals surface area contributed by atoms with Gasteiger partial charge in [0.05, 0.1) is 22.9 Å². The summed E-state index contributed by atoms with van der Waals surface area (Å²) in [6.07, 6.45) is 2.88. The molecule has 8 nitrogen and oxygen atoms in total. The van der Waals surface area contributed by atoms with E-state index >= 15 is 0 Å². The van der Waals surface area contributed by atoms with Crippen molar-refractivity contribution in [1.29, 1.82) is 0 Å². The number of nitrogens with zero attached hydrogens (tertiary/aromatic N) is 1. The summed E-state index contributed by atoms with van der Waals surface area (Å²) in [6.45, 7) is 1.70. The minimum Gasteiger partial charge on any atom is -0.484 e. The van der Waals surface area contributed by atoms with Gasteiger partial charge in [-0.15, -0.1) is 0 Å². The van der Waals surface area contributed by atoms with E-state index < -0.39 is 19.9 Å². The molecule has 0 spiro atoms. The van der Waals surface area contributed by atoms with Crippen LogP contribution in [0, 0.1) is 0 Å². The van der Waals surface area contributed by atoms with E-state index in [9.17, 15) is 21.6 Å². The maximum Gasteiger partial charge on any atom is 0.258 e. The predicted octanol–water partition coefficient (Wildman–Crippen LogP) is 2.13. The third-order valence-electron chi connectivity index (χ3n) is 4.52. The number of carbonyl (C=O) groups excluding carboxylic acids is 1. The quantitative estimate of drug-likeness (QED) is 0.622. The van der Waals surface area contributed by atoms with Gasteiger partial charge in [-0.2, -0.15) is 0 Å². The zero-order chi connectivity index (χ0) is 22.5. The Balaban J connectivity index is 1.96. The minimum atomic E-state index is -3.35. The SMILES string of the molecule is CC[C@H](NC(=O)COc1ccc(N(C)S(C)(=O)=O)cc1)c1ccc(S(C)(=O)=O)cc1. The number of sulfonamides is 1. The molecule has 0 unspecified atom stereocenters. The van der Waals surface area contributed by atoms with Gasteiger partial charge in [-0.3, -0.25) is 9.10 Å². The Bertz CT molecular complexity index is 1080. The monoisotopic (exact) mass is 454 g/mol. The second-order valence-corrected chi connectivity index (χ2v) is 10.9. The molecule has 0 aromatic heterocycles. The number of nitrogens with one attached hydrogen (secondary N) is 1. The van der Waals surface area contributed by atoms with Crippen molar-refractivity contribution in [1.82, 2.24) is 5.32 Å². The maximum absolute atomic E-state index is 12.3. The van der Waals surface area contributed by atoms with Crippen LogP contribution >= 0.6 is 0 Å². The standard InChI is InChI=1S/C20H26N2O6S2/c1-5-19(15-6-12-18(13-7-15)29(3,24)25)21-20(23)14-28-17-10-8-16(9-11-17)22(2)30(4,26)27/h6-13,19H,5,14H2,1-4H3,(H,21,23)/t19-/m0/s1. The maximum atomic E-state index is 12.3. The number of ether oxygens (including phenoxy) is 1. The van der Waals surface area contributed by atoms with Crippen LogP contribution in [0.3, 0.4) is 0 Å². The minimum absolute atomic E-state index is 0.209. The second-order valence-electron chi connectivity index (χ2n) is 6.88. The van der Waals surface area contributed by atoms with Crippen LogP contribution in [-0.4, -0.2) is 48.9 Å². The van der Waals surface area contributed by atoms with Crippen LogP contribution in [0.5, 0.6) is 5.75 Å². The van der Waals surface area contributed by atoms with Crippen molar-refractivity contribution in [2.75, 3.05) is 30.5 Å². The molecule has 10 heteroatoms. The molecule has 2 aromatic rings. The first-order chi connectivity index (χ1) is 13.9. The van der Waals surface area contributed by atoms with Crippen molar-refractivity contribution in [2.45, 2.75) is 24.3 Å². The van der Waals surface area contributed by atoms with Crippen molar-refractivity contribution in [3.63, 3.8) is 0 Å². The zero-order valence-corrected chi connectivity index (χ0v) is 19.0. The zero-order valence-electron chi connectivity index (χ0n) is 17.3. The van der Waals surface area contributed by atoms with Crippen LogP contribution in [-0.2, 0) is 24.7 Å². The molecule has 0 bridgehead atoms. The van der Waals surface area contributed by atoms with E-state index in [-0.39, 0.29) is 23.5 Å². The predicted molar refractivity (Wildman–Crippen MR) is 116 cm³/mol. The average Bonchev–Trinajstić information content (AvgIpc) is 2.69. The summed E-state index contributed by atoms with van der Waals surface area (Å²) in [5.41, 5.74) is 1.28. The van der Waals surface area contributed by atoms with Gasteiger partial charge in [-0.05, 0) is 48.4 Å². The van der Waals surface area contributed by atoms with Crippen LogP contribution < -0.4 is 14.4 Å². The summed E-state index contributed by atoms with van der Waals surface area (Å²) < 4.78 is 52.9. The molecular weight excluding hydrogens is 428 g/mol. The number of sulfone groups is 1.